The van der Waals surface area contributed by atoms with Crippen molar-refractivity contribution in [1.29, 1.82) is 0 Å². The van der Waals surface area contributed by atoms with Crippen LogP contribution in [0.25, 0.3) is 0 Å². The van der Waals surface area contributed by atoms with Crippen LogP contribution in [0.1, 0.15) is 59.8 Å². The van der Waals surface area contributed by atoms with Gasteiger partial charge in [0.1, 0.15) is 0 Å². The van der Waals surface area contributed by atoms with Crippen molar-refractivity contribution >= 4 is 0 Å². The average molecular weight is 168 g/mol. The molecule has 1 aliphatic rings. The molecule has 0 saturated heterocycles. The highest BCUT2D eigenvalue weighted by molar-refractivity contribution is 5.07. The topological polar surface area (TPSA) is 0 Å². The Hall–Kier alpha value is 0. The molecule has 0 aromatic carbocycles. The molecular weight excluding hydrogens is 144 g/mol. The lowest BCUT2D eigenvalue weighted by atomic mass is 9.91. The summed E-state index contributed by atoms with van der Waals surface area (Å²) in [5.74, 6) is 2.12. The molecule has 0 radical (unpaired) electrons. The van der Waals surface area contributed by atoms with Gasteiger partial charge in [-0.05, 0) is 30.1 Å². The number of rotatable bonds is 5. The molecule has 1 aliphatic carbocycles. The Morgan fingerprint density at radius 1 is 0.917 bits per heavy atom. The molecule has 1 rings (SSSR count). The van der Waals surface area contributed by atoms with E-state index in [4.69, 9.17) is 0 Å². The molecule has 0 N–H and O–H groups in total. The molecule has 0 aromatic rings. The van der Waals surface area contributed by atoms with E-state index in [9.17, 15) is 0 Å². The molecule has 2 atom stereocenters. The molecule has 12 heavy (non-hydrogen) atoms. The van der Waals surface area contributed by atoms with Crippen molar-refractivity contribution < 1.29 is 0 Å². The van der Waals surface area contributed by atoms with Crippen molar-refractivity contribution in [1.82, 2.24) is 0 Å². The van der Waals surface area contributed by atoms with Crippen LogP contribution in [0.2, 0.25) is 0 Å². The van der Waals surface area contributed by atoms with E-state index in [1.54, 1.807) is 0 Å². The van der Waals surface area contributed by atoms with Gasteiger partial charge in [-0.3, -0.25) is 0 Å². The zero-order valence-electron chi connectivity index (χ0n) is 9.19. The minimum atomic E-state index is 0.776. The maximum absolute atomic E-state index is 2.38. The fourth-order valence-electron chi connectivity index (χ4n) is 3.59. The van der Waals surface area contributed by atoms with E-state index < -0.39 is 0 Å². The van der Waals surface area contributed by atoms with Crippen LogP contribution < -0.4 is 0 Å². The second kappa shape index (κ2) is 3.81. The van der Waals surface area contributed by atoms with Crippen molar-refractivity contribution in [3.05, 3.63) is 0 Å². The highest BCUT2D eigenvalue weighted by Crippen LogP contribution is 2.66. The lowest BCUT2D eigenvalue weighted by Crippen LogP contribution is -2.03. The van der Waals surface area contributed by atoms with Crippen molar-refractivity contribution in [2.24, 2.45) is 17.3 Å². The third kappa shape index (κ3) is 1.30. The minimum Gasteiger partial charge on any atom is -0.0654 e. The van der Waals surface area contributed by atoms with Crippen molar-refractivity contribution in [2.75, 3.05) is 0 Å². The standard InChI is InChI=1S/C12H24/c1-5-9-12(8-4)10(6-2)11(12)7-3/h10-11H,5-9H2,1-4H3. The molecule has 72 valence electrons. The molecule has 0 spiro atoms. The lowest BCUT2D eigenvalue weighted by molar-refractivity contribution is 0.370. The van der Waals surface area contributed by atoms with Gasteiger partial charge < -0.3 is 0 Å². The predicted octanol–water partition coefficient (Wildman–Crippen LogP) is 4.25. The molecule has 1 fully saturated rings. The van der Waals surface area contributed by atoms with E-state index in [1.165, 1.54) is 32.1 Å². The second-order valence-corrected chi connectivity index (χ2v) is 4.37. The summed E-state index contributed by atoms with van der Waals surface area (Å²) in [6.07, 6.45) is 7.08. The molecule has 0 amide bonds. The smallest absolute Gasteiger partial charge is 0.0238 e. The molecular formula is C12H24. The van der Waals surface area contributed by atoms with Crippen LogP contribution in [0.15, 0.2) is 0 Å². The monoisotopic (exact) mass is 168 g/mol. The fraction of sp³-hybridized carbons (Fsp3) is 1.00. The summed E-state index contributed by atoms with van der Waals surface area (Å²) in [4.78, 5) is 0. The average Bonchev–Trinajstić information content (AvgIpc) is 2.73. The fourth-order valence-corrected chi connectivity index (χ4v) is 3.59. The highest BCUT2D eigenvalue weighted by atomic mass is 14.6. The molecule has 0 heterocycles. The van der Waals surface area contributed by atoms with Crippen LogP contribution in [0, 0.1) is 17.3 Å². The normalized spacial score (nSPS) is 40.0. The Labute approximate surface area is 77.7 Å². The maximum Gasteiger partial charge on any atom is -0.0238 e. The first-order valence-corrected chi connectivity index (χ1v) is 5.76. The van der Waals surface area contributed by atoms with Gasteiger partial charge in [0.05, 0.1) is 0 Å². The third-order valence-corrected chi connectivity index (χ3v) is 4.11. The zero-order chi connectivity index (χ0) is 9.19. The van der Waals surface area contributed by atoms with Gasteiger partial charge in [-0.25, -0.2) is 0 Å². The van der Waals surface area contributed by atoms with Gasteiger partial charge in [0.25, 0.3) is 0 Å². The van der Waals surface area contributed by atoms with Crippen LogP contribution in [0.5, 0.6) is 0 Å². The van der Waals surface area contributed by atoms with E-state index in [1.807, 2.05) is 0 Å². The van der Waals surface area contributed by atoms with Gasteiger partial charge in [-0.15, -0.1) is 0 Å². The first-order chi connectivity index (χ1) is 5.76. The molecule has 1 saturated carbocycles. The van der Waals surface area contributed by atoms with E-state index in [-0.39, 0.29) is 0 Å². The van der Waals surface area contributed by atoms with Crippen LogP contribution in [-0.2, 0) is 0 Å². The summed E-state index contributed by atoms with van der Waals surface area (Å²) in [5.41, 5.74) is 0.776. The van der Waals surface area contributed by atoms with Gasteiger partial charge in [0.15, 0.2) is 0 Å². The summed E-state index contributed by atoms with van der Waals surface area (Å²) in [6.45, 7) is 9.43. The van der Waals surface area contributed by atoms with Crippen LogP contribution in [-0.4, -0.2) is 0 Å². The molecule has 2 unspecified atom stereocenters. The van der Waals surface area contributed by atoms with Crippen LogP contribution >= 0.6 is 0 Å². The largest absolute Gasteiger partial charge is 0.0654 e. The Kier molecular flexibility index (Phi) is 3.20. The van der Waals surface area contributed by atoms with Crippen molar-refractivity contribution in [2.45, 2.75) is 59.8 Å². The van der Waals surface area contributed by atoms with E-state index in [0.29, 0.717) is 0 Å². The second-order valence-electron chi connectivity index (χ2n) is 4.37. The van der Waals surface area contributed by atoms with Gasteiger partial charge in [-0.2, -0.15) is 0 Å². The van der Waals surface area contributed by atoms with Crippen molar-refractivity contribution in [3.8, 4) is 0 Å². The minimum absolute atomic E-state index is 0.776. The quantitative estimate of drug-likeness (QED) is 0.575. The first kappa shape index (κ1) is 10.1. The van der Waals surface area contributed by atoms with Gasteiger partial charge in [0.2, 0.25) is 0 Å². The molecule has 0 bridgehead atoms. The van der Waals surface area contributed by atoms with Crippen molar-refractivity contribution in [3.63, 3.8) is 0 Å². The Bertz CT molecular complexity index is 127. The third-order valence-electron chi connectivity index (χ3n) is 4.11. The van der Waals surface area contributed by atoms with E-state index in [0.717, 1.165) is 17.3 Å². The summed E-state index contributed by atoms with van der Waals surface area (Å²) in [6, 6.07) is 0. The Balaban J connectivity index is 2.56. The van der Waals surface area contributed by atoms with Gasteiger partial charge >= 0.3 is 0 Å². The Morgan fingerprint density at radius 3 is 1.67 bits per heavy atom. The maximum atomic E-state index is 2.38. The molecule has 0 heteroatoms. The Morgan fingerprint density at radius 2 is 1.42 bits per heavy atom. The van der Waals surface area contributed by atoms with Crippen LogP contribution in [0.4, 0.5) is 0 Å². The van der Waals surface area contributed by atoms with Gasteiger partial charge in [0, 0.05) is 0 Å². The molecule has 0 aromatic heterocycles. The number of hydrogen-bond acceptors (Lipinski definition) is 0. The van der Waals surface area contributed by atoms with Gasteiger partial charge in [-0.1, -0.05) is 47.0 Å². The summed E-state index contributed by atoms with van der Waals surface area (Å²) in [7, 11) is 0. The first-order valence-electron chi connectivity index (χ1n) is 5.76. The summed E-state index contributed by atoms with van der Waals surface area (Å²) in [5, 5.41) is 0. The number of hydrogen-bond donors (Lipinski definition) is 0. The summed E-state index contributed by atoms with van der Waals surface area (Å²) < 4.78 is 0. The lowest BCUT2D eigenvalue weighted by Gasteiger charge is -2.14. The van der Waals surface area contributed by atoms with E-state index in [2.05, 4.69) is 27.7 Å². The van der Waals surface area contributed by atoms with E-state index >= 15 is 0 Å². The summed E-state index contributed by atoms with van der Waals surface area (Å²) >= 11 is 0. The molecule has 0 aliphatic heterocycles. The predicted molar refractivity (Wildman–Crippen MR) is 55.2 cm³/mol. The molecule has 0 nitrogen and oxygen atoms in total. The van der Waals surface area contributed by atoms with Crippen LogP contribution in [0.3, 0.4) is 0 Å². The highest BCUT2D eigenvalue weighted by Gasteiger charge is 2.59. The zero-order valence-corrected chi connectivity index (χ0v) is 9.19. The SMILES string of the molecule is CCCC1(CC)C(CC)C1CC.